The molecule has 1 fully saturated rings. The smallest absolute Gasteiger partial charge is 0.270 e. The van der Waals surface area contributed by atoms with Crippen LogP contribution in [0.1, 0.15) is 27.4 Å². The van der Waals surface area contributed by atoms with Crippen molar-refractivity contribution in [3.8, 4) is 0 Å². The van der Waals surface area contributed by atoms with Crippen molar-refractivity contribution >= 4 is 23.1 Å². The number of hydrogen-bond donors (Lipinski definition) is 0. The van der Waals surface area contributed by atoms with E-state index in [0.717, 1.165) is 36.5 Å². The van der Waals surface area contributed by atoms with Crippen molar-refractivity contribution in [2.45, 2.75) is 13.5 Å². The minimum absolute atomic E-state index is 0.0140. The molecule has 0 unspecified atom stereocenters. The fourth-order valence-corrected chi connectivity index (χ4v) is 4.53. The average Bonchev–Trinajstić information content (AvgIpc) is 3.36. The molecule has 174 valence electrons. The zero-order valence-corrected chi connectivity index (χ0v) is 19.3. The SMILES string of the molecule is Cc1cc2c(cc(C(=O)N3CCN(C/C=C/c4ccccc4)CC3)n2Cc2cccc(F)c2)o1. The molecule has 1 aliphatic heterocycles. The molecular formula is C28H28FN3O2. The van der Waals surface area contributed by atoms with Crippen molar-refractivity contribution < 1.29 is 13.6 Å². The molecular weight excluding hydrogens is 429 g/mol. The van der Waals surface area contributed by atoms with Gasteiger partial charge in [-0.05, 0) is 30.2 Å². The molecule has 0 spiro atoms. The number of halogens is 1. The average molecular weight is 458 g/mol. The van der Waals surface area contributed by atoms with Crippen LogP contribution >= 0.6 is 0 Å². The number of furan rings is 1. The summed E-state index contributed by atoms with van der Waals surface area (Å²) in [4.78, 5) is 17.7. The lowest BCUT2D eigenvalue weighted by molar-refractivity contribution is 0.0640. The summed E-state index contributed by atoms with van der Waals surface area (Å²) in [5.41, 5.74) is 4.11. The number of nitrogens with zero attached hydrogens (tertiary/aromatic N) is 3. The van der Waals surface area contributed by atoms with Gasteiger partial charge in [-0.1, -0.05) is 54.6 Å². The van der Waals surface area contributed by atoms with Crippen molar-refractivity contribution in [1.82, 2.24) is 14.4 Å². The van der Waals surface area contributed by atoms with Crippen LogP contribution in [0.4, 0.5) is 4.39 Å². The number of aryl methyl sites for hydroxylation is 1. The second kappa shape index (κ2) is 9.69. The summed E-state index contributed by atoms with van der Waals surface area (Å²) in [6, 6.07) is 20.5. The summed E-state index contributed by atoms with van der Waals surface area (Å²) < 4.78 is 21.5. The lowest BCUT2D eigenvalue weighted by atomic mass is 10.2. The normalized spacial score (nSPS) is 14.9. The van der Waals surface area contributed by atoms with E-state index in [1.54, 1.807) is 6.07 Å². The fourth-order valence-electron chi connectivity index (χ4n) is 4.53. The summed E-state index contributed by atoms with van der Waals surface area (Å²) in [6.45, 7) is 6.15. The number of fused-ring (bicyclic) bond motifs is 1. The molecule has 3 heterocycles. The van der Waals surface area contributed by atoms with Gasteiger partial charge in [-0.2, -0.15) is 0 Å². The number of carbonyl (C=O) groups is 1. The topological polar surface area (TPSA) is 41.6 Å². The molecule has 1 saturated heterocycles. The Morgan fingerprint density at radius 1 is 1.00 bits per heavy atom. The van der Waals surface area contributed by atoms with Crippen LogP contribution in [0, 0.1) is 12.7 Å². The minimum atomic E-state index is -0.283. The van der Waals surface area contributed by atoms with Crippen LogP contribution in [-0.2, 0) is 6.54 Å². The molecule has 0 saturated carbocycles. The standard InChI is InChI=1S/C28H28FN3O2/c1-21-17-25-27(34-21)19-26(32(25)20-23-9-5-11-24(29)18-23)28(33)31-15-13-30(14-16-31)12-6-10-22-7-3-2-4-8-22/h2-11,17-19H,12-16,20H2,1H3/b10-6+. The van der Waals surface area contributed by atoms with E-state index in [1.165, 1.54) is 17.7 Å². The third kappa shape index (κ3) is 4.82. The Kier molecular flexibility index (Phi) is 6.32. The van der Waals surface area contributed by atoms with Crippen molar-refractivity contribution in [1.29, 1.82) is 0 Å². The predicted molar refractivity (Wildman–Crippen MR) is 132 cm³/mol. The molecule has 0 N–H and O–H groups in total. The van der Waals surface area contributed by atoms with E-state index in [-0.39, 0.29) is 11.7 Å². The predicted octanol–water partition coefficient (Wildman–Crippen LogP) is 5.20. The summed E-state index contributed by atoms with van der Waals surface area (Å²) >= 11 is 0. The number of hydrogen-bond acceptors (Lipinski definition) is 3. The van der Waals surface area contributed by atoms with Gasteiger partial charge in [-0.3, -0.25) is 9.69 Å². The lowest BCUT2D eigenvalue weighted by Gasteiger charge is -2.34. The summed E-state index contributed by atoms with van der Waals surface area (Å²) in [5.74, 6) is 0.490. The molecule has 5 rings (SSSR count). The van der Waals surface area contributed by atoms with Gasteiger partial charge in [-0.25, -0.2) is 4.39 Å². The van der Waals surface area contributed by atoms with Gasteiger partial charge in [0, 0.05) is 51.4 Å². The maximum absolute atomic E-state index is 13.8. The fraction of sp³-hybridized carbons (Fsp3) is 0.250. The number of amides is 1. The van der Waals surface area contributed by atoms with Gasteiger partial charge in [0.2, 0.25) is 0 Å². The van der Waals surface area contributed by atoms with Gasteiger partial charge in [0.15, 0.2) is 5.58 Å². The Labute approximate surface area is 198 Å². The van der Waals surface area contributed by atoms with Gasteiger partial charge in [0.25, 0.3) is 5.91 Å². The lowest BCUT2D eigenvalue weighted by Crippen LogP contribution is -2.49. The van der Waals surface area contributed by atoms with Gasteiger partial charge in [0.05, 0.1) is 5.52 Å². The third-order valence-electron chi connectivity index (χ3n) is 6.29. The van der Waals surface area contributed by atoms with Gasteiger partial charge in [-0.15, -0.1) is 0 Å². The van der Waals surface area contributed by atoms with Crippen LogP contribution in [-0.4, -0.2) is 53.0 Å². The second-order valence-electron chi connectivity index (χ2n) is 8.76. The van der Waals surface area contributed by atoms with E-state index in [0.29, 0.717) is 30.9 Å². The molecule has 0 bridgehead atoms. The molecule has 5 nitrogen and oxygen atoms in total. The Morgan fingerprint density at radius 2 is 1.79 bits per heavy atom. The zero-order valence-electron chi connectivity index (χ0n) is 19.3. The first-order valence-corrected chi connectivity index (χ1v) is 11.6. The van der Waals surface area contributed by atoms with Crippen LogP contribution in [0.5, 0.6) is 0 Å². The monoisotopic (exact) mass is 457 g/mol. The maximum atomic E-state index is 13.8. The van der Waals surface area contributed by atoms with Crippen LogP contribution in [0.2, 0.25) is 0 Å². The Morgan fingerprint density at radius 3 is 2.56 bits per heavy atom. The van der Waals surface area contributed by atoms with Crippen molar-refractivity contribution in [2.24, 2.45) is 0 Å². The third-order valence-corrected chi connectivity index (χ3v) is 6.29. The molecule has 0 atom stereocenters. The van der Waals surface area contributed by atoms with Gasteiger partial charge < -0.3 is 13.9 Å². The molecule has 2 aromatic heterocycles. The zero-order chi connectivity index (χ0) is 23.5. The minimum Gasteiger partial charge on any atom is -0.460 e. The summed E-state index contributed by atoms with van der Waals surface area (Å²) in [7, 11) is 0. The van der Waals surface area contributed by atoms with E-state index in [9.17, 15) is 9.18 Å². The van der Waals surface area contributed by atoms with Crippen LogP contribution in [0.25, 0.3) is 17.2 Å². The first kappa shape index (κ1) is 22.2. The van der Waals surface area contributed by atoms with E-state index in [4.69, 9.17) is 4.42 Å². The van der Waals surface area contributed by atoms with Crippen LogP contribution < -0.4 is 0 Å². The first-order valence-electron chi connectivity index (χ1n) is 11.6. The second-order valence-corrected chi connectivity index (χ2v) is 8.76. The van der Waals surface area contributed by atoms with Gasteiger partial charge in [0.1, 0.15) is 17.3 Å². The molecule has 1 amide bonds. The number of rotatable bonds is 6. The molecule has 2 aromatic carbocycles. The molecule has 4 aromatic rings. The van der Waals surface area contributed by atoms with Crippen LogP contribution in [0.3, 0.4) is 0 Å². The highest BCUT2D eigenvalue weighted by Crippen LogP contribution is 2.26. The highest BCUT2D eigenvalue weighted by molar-refractivity contribution is 5.97. The summed E-state index contributed by atoms with van der Waals surface area (Å²) in [6.07, 6.45) is 4.31. The Hall–Kier alpha value is -3.64. The Bertz CT molecular complexity index is 1310. The molecule has 0 radical (unpaired) electrons. The number of carbonyl (C=O) groups excluding carboxylic acids is 1. The van der Waals surface area contributed by atoms with E-state index in [1.807, 2.05) is 52.8 Å². The van der Waals surface area contributed by atoms with Crippen LogP contribution in [0.15, 0.2) is 77.2 Å². The molecule has 34 heavy (non-hydrogen) atoms. The highest BCUT2D eigenvalue weighted by atomic mass is 19.1. The van der Waals surface area contributed by atoms with Gasteiger partial charge >= 0.3 is 0 Å². The van der Waals surface area contributed by atoms with E-state index < -0.39 is 0 Å². The largest absolute Gasteiger partial charge is 0.460 e. The Balaban J connectivity index is 1.28. The number of piperazine rings is 1. The van der Waals surface area contributed by atoms with E-state index >= 15 is 0 Å². The number of benzene rings is 2. The summed E-state index contributed by atoms with van der Waals surface area (Å²) in [5, 5.41) is 0. The molecule has 6 heteroatoms. The maximum Gasteiger partial charge on any atom is 0.270 e. The highest BCUT2D eigenvalue weighted by Gasteiger charge is 2.26. The number of aromatic nitrogens is 1. The first-order chi connectivity index (χ1) is 16.6. The van der Waals surface area contributed by atoms with Crippen molar-refractivity contribution in [3.05, 3.63) is 101 Å². The van der Waals surface area contributed by atoms with Crippen molar-refractivity contribution in [2.75, 3.05) is 32.7 Å². The quantitative estimate of drug-likeness (QED) is 0.400. The van der Waals surface area contributed by atoms with E-state index in [2.05, 4.69) is 29.2 Å². The molecule has 0 aliphatic carbocycles. The van der Waals surface area contributed by atoms with Crippen molar-refractivity contribution in [3.63, 3.8) is 0 Å². The molecule has 1 aliphatic rings.